The lowest BCUT2D eigenvalue weighted by Gasteiger charge is -2.37. The van der Waals surface area contributed by atoms with Gasteiger partial charge in [0, 0.05) is 74.9 Å². The van der Waals surface area contributed by atoms with Gasteiger partial charge >= 0.3 is 6.03 Å². The van der Waals surface area contributed by atoms with E-state index in [1.165, 1.54) is 21.9 Å². The first kappa shape index (κ1) is 26.7. The summed E-state index contributed by atoms with van der Waals surface area (Å²) in [5.74, 6) is 10.6. The number of aliphatic hydroxyl groups excluding tert-OH is 2. The van der Waals surface area contributed by atoms with Crippen molar-refractivity contribution in [3.05, 3.63) is 23.5 Å². The molecule has 1 atom stereocenters. The molecule has 3 rings (SSSR count). The van der Waals surface area contributed by atoms with Crippen molar-refractivity contribution >= 4 is 21.8 Å². The molecule has 0 radical (unpaired) electrons. The van der Waals surface area contributed by atoms with Crippen molar-refractivity contribution < 1.29 is 33.4 Å². The number of nitrogens with zero attached hydrogens (tertiary/aromatic N) is 3. The quantitative estimate of drug-likeness (QED) is 0.186. The standard InChI is InChI=1S/C23H30N4O7S/c1-23(21(30)24-32,35(2,33)34)7-8-26-14-20-9-17(13-27(20)22(26)31)5-3-4-6-18-10-25(11-18)12-19(15-28)16-29/h9,13,18-19,28-29,32H,7-8,10-12,14-16H2,1-2H3,(H,24,30)/t23-/m1/s1. The van der Waals surface area contributed by atoms with Crippen LogP contribution in [0.1, 0.15) is 24.6 Å². The third kappa shape index (κ3) is 5.86. The van der Waals surface area contributed by atoms with Gasteiger partial charge in [0.15, 0.2) is 14.6 Å². The summed E-state index contributed by atoms with van der Waals surface area (Å²) in [5.41, 5.74) is 2.72. The van der Waals surface area contributed by atoms with Crippen LogP contribution in [0.2, 0.25) is 0 Å². The zero-order valence-corrected chi connectivity index (χ0v) is 20.5. The number of carbonyl (C=O) groups excluding carboxylic acids is 2. The molecule has 0 aromatic carbocycles. The van der Waals surface area contributed by atoms with E-state index in [1.807, 2.05) is 0 Å². The molecule has 12 heteroatoms. The van der Waals surface area contributed by atoms with E-state index in [4.69, 9.17) is 15.4 Å². The molecule has 2 amide bonds. The van der Waals surface area contributed by atoms with Crippen molar-refractivity contribution in [2.75, 3.05) is 45.6 Å². The predicted octanol–water partition coefficient (Wildman–Crippen LogP) is -1.14. The fourth-order valence-corrected chi connectivity index (χ4v) is 4.84. The number of nitrogens with one attached hydrogen (secondary N) is 1. The van der Waals surface area contributed by atoms with Gasteiger partial charge in [0.05, 0.1) is 6.54 Å². The molecule has 0 saturated carbocycles. The molecule has 1 aromatic heterocycles. The highest BCUT2D eigenvalue weighted by Crippen LogP contribution is 2.25. The first-order valence-electron chi connectivity index (χ1n) is 11.1. The van der Waals surface area contributed by atoms with Gasteiger partial charge in [-0.05, 0) is 31.3 Å². The Hall–Kier alpha value is -2.87. The first-order valence-corrected chi connectivity index (χ1v) is 13.0. The number of aromatic nitrogens is 1. The molecule has 0 unspecified atom stereocenters. The van der Waals surface area contributed by atoms with Crippen molar-refractivity contribution in [2.24, 2.45) is 11.8 Å². The molecule has 4 N–H and O–H groups in total. The Morgan fingerprint density at radius 2 is 1.97 bits per heavy atom. The van der Waals surface area contributed by atoms with Crippen molar-refractivity contribution in [1.82, 2.24) is 19.8 Å². The minimum Gasteiger partial charge on any atom is -0.396 e. The van der Waals surface area contributed by atoms with Crippen molar-refractivity contribution in [3.8, 4) is 23.7 Å². The average molecular weight is 507 g/mol. The third-order valence-corrected chi connectivity index (χ3v) is 8.55. The van der Waals surface area contributed by atoms with Crippen LogP contribution in [-0.2, 0) is 21.2 Å². The van der Waals surface area contributed by atoms with Crippen LogP contribution in [0.5, 0.6) is 0 Å². The molecular weight excluding hydrogens is 476 g/mol. The molecule has 11 nitrogen and oxygen atoms in total. The minimum absolute atomic E-state index is 0.0136. The van der Waals surface area contributed by atoms with Gasteiger partial charge in [-0.15, -0.1) is 0 Å². The fraction of sp³-hybridized carbons (Fsp3) is 0.565. The fourth-order valence-electron chi connectivity index (χ4n) is 3.99. The lowest BCUT2D eigenvalue weighted by Crippen LogP contribution is -2.50. The van der Waals surface area contributed by atoms with Gasteiger partial charge in [-0.2, -0.15) is 0 Å². The number of carbonyl (C=O) groups is 2. The van der Waals surface area contributed by atoms with Crippen LogP contribution in [0.15, 0.2) is 12.3 Å². The van der Waals surface area contributed by atoms with Gasteiger partial charge in [0.2, 0.25) is 0 Å². The number of amides is 2. The Morgan fingerprint density at radius 1 is 1.29 bits per heavy atom. The molecule has 35 heavy (non-hydrogen) atoms. The number of fused-ring (bicyclic) bond motifs is 1. The summed E-state index contributed by atoms with van der Waals surface area (Å²) in [6.07, 6.45) is 2.34. The van der Waals surface area contributed by atoms with Gasteiger partial charge in [-0.3, -0.25) is 14.6 Å². The van der Waals surface area contributed by atoms with Crippen LogP contribution in [-0.4, -0.2) is 101 Å². The Kier molecular flexibility index (Phi) is 8.26. The van der Waals surface area contributed by atoms with E-state index in [0.717, 1.165) is 19.3 Å². The number of hydrogen-bond acceptors (Lipinski definition) is 8. The Morgan fingerprint density at radius 3 is 2.54 bits per heavy atom. The molecular formula is C23H30N4O7S. The number of likely N-dealkylation sites (tertiary alicyclic amines) is 1. The summed E-state index contributed by atoms with van der Waals surface area (Å²) in [5, 5.41) is 27.2. The van der Waals surface area contributed by atoms with Crippen LogP contribution in [0, 0.1) is 35.5 Å². The lowest BCUT2D eigenvalue weighted by atomic mass is 9.99. The van der Waals surface area contributed by atoms with Crippen molar-refractivity contribution in [2.45, 2.75) is 24.6 Å². The molecule has 3 heterocycles. The maximum absolute atomic E-state index is 12.7. The van der Waals surface area contributed by atoms with E-state index in [1.54, 1.807) is 12.3 Å². The minimum atomic E-state index is -3.84. The summed E-state index contributed by atoms with van der Waals surface area (Å²) < 4.78 is 23.8. The van der Waals surface area contributed by atoms with Crippen LogP contribution in [0.4, 0.5) is 4.79 Å². The number of rotatable bonds is 9. The highest BCUT2D eigenvalue weighted by Gasteiger charge is 2.44. The van der Waals surface area contributed by atoms with E-state index < -0.39 is 20.5 Å². The smallest absolute Gasteiger partial charge is 0.328 e. The van der Waals surface area contributed by atoms with E-state index >= 15 is 0 Å². The van der Waals surface area contributed by atoms with E-state index in [9.17, 15) is 18.0 Å². The Bertz CT molecular complexity index is 1190. The molecule has 190 valence electrons. The number of hydroxylamine groups is 1. The van der Waals surface area contributed by atoms with Crippen LogP contribution < -0.4 is 5.48 Å². The van der Waals surface area contributed by atoms with Crippen molar-refractivity contribution in [3.63, 3.8) is 0 Å². The SMILES string of the molecule is C[C@@](CCN1Cc2cc(C#CC#CC3CN(CC(CO)CO)C3)cn2C1=O)(C(=O)NO)S(C)(=O)=O. The molecule has 0 bridgehead atoms. The highest BCUT2D eigenvalue weighted by molar-refractivity contribution is 7.92. The number of hydrogen-bond donors (Lipinski definition) is 4. The first-order chi connectivity index (χ1) is 16.5. The van der Waals surface area contributed by atoms with Crippen LogP contribution in [0.3, 0.4) is 0 Å². The van der Waals surface area contributed by atoms with E-state index in [0.29, 0.717) is 17.8 Å². The van der Waals surface area contributed by atoms with E-state index in [2.05, 4.69) is 28.6 Å². The highest BCUT2D eigenvalue weighted by atomic mass is 32.2. The summed E-state index contributed by atoms with van der Waals surface area (Å²) in [6.45, 7) is 3.57. The number of sulfone groups is 1. The second-order valence-corrected chi connectivity index (χ2v) is 11.6. The Balaban J connectivity index is 1.54. The maximum atomic E-state index is 12.7. The summed E-state index contributed by atoms with van der Waals surface area (Å²) in [6, 6.07) is 1.41. The van der Waals surface area contributed by atoms with E-state index in [-0.39, 0.29) is 50.6 Å². The largest absolute Gasteiger partial charge is 0.396 e. The molecule has 2 aliphatic heterocycles. The van der Waals surface area contributed by atoms with Gasteiger partial charge in [0.1, 0.15) is 0 Å². The second-order valence-electron chi connectivity index (χ2n) is 9.15. The molecule has 0 spiro atoms. The summed E-state index contributed by atoms with van der Waals surface area (Å²) >= 11 is 0. The van der Waals surface area contributed by atoms with Crippen LogP contribution in [0.25, 0.3) is 0 Å². The van der Waals surface area contributed by atoms with Gasteiger partial charge in [0.25, 0.3) is 5.91 Å². The van der Waals surface area contributed by atoms with Crippen molar-refractivity contribution in [1.29, 1.82) is 0 Å². The zero-order chi connectivity index (χ0) is 25.8. The zero-order valence-electron chi connectivity index (χ0n) is 19.7. The third-order valence-electron chi connectivity index (χ3n) is 6.52. The average Bonchev–Trinajstić information content (AvgIpc) is 3.32. The lowest BCUT2D eigenvalue weighted by molar-refractivity contribution is -0.131. The molecule has 1 aromatic rings. The van der Waals surface area contributed by atoms with Crippen LogP contribution >= 0.6 is 0 Å². The number of aliphatic hydroxyl groups is 2. The summed E-state index contributed by atoms with van der Waals surface area (Å²) in [7, 11) is -3.84. The molecule has 1 saturated heterocycles. The summed E-state index contributed by atoms with van der Waals surface area (Å²) in [4.78, 5) is 28.2. The second kappa shape index (κ2) is 10.8. The monoisotopic (exact) mass is 506 g/mol. The maximum Gasteiger partial charge on any atom is 0.328 e. The molecule has 1 fully saturated rings. The molecule has 2 aliphatic rings. The topological polar surface area (TPSA) is 152 Å². The van der Waals surface area contributed by atoms with Gasteiger partial charge in [-0.25, -0.2) is 18.7 Å². The van der Waals surface area contributed by atoms with Gasteiger partial charge < -0.3 is 20.0 Å². The van der Waals surface area contributed by atoms with Gasteiger partial charge in [-0.1, -0.05) is 11.8 Å². The molecule has 0 aliphatic carbocycles. The Labute approximate surface area is 204 Å². The normalized spacial score (nSPS) is 17.7. The predicted molar refractivity (Wildman–Crippen MR) is 126 cm³/mol.